The molecule has 0 saturated heterocycles. The molecule has 0 saturated carbocycles. The van der Waals surface area contributed by atoms with Crippen LogP contribution in [0.4, 0.5) is 21.0 Å². The Labute approximate surface area is 343 Å². The van der Waals surface area contributed by atoms with Gasteiger partial charge in [-0.15, -0.1) is 0 Å². The number of carbonyl (C=O) groups is 4. The van der Waals surface area contributed by atoms with Crippen molar-refractivity contribution >= 4 is 51.4 Å². The summed E-state index contributed by atoms with van der Waals surface area (Å²) in [5.74, 6) is -0.815. The van der Waals surface area contributed by atoms with Crippen LogP contribution in [0, 0.1) is 0 Å². The molecule has 0 aliphatic heterocycles. The Morgan fingerprint density at radius 1 is 0.618 bits per heavy atom. The van der Waals surface area contributed by atoms with Gasteiger partial charge in [0.15, 0.2) is 0 Å². The van der Waals surface area contributed by atoms with Gasteiger partial charge in [-0.3, -0.25) is 0 Å². The van der Waals surface area contributed by atoms with E-state index in [9.17, 15) is 19.2 Å². The number of benzene rings is 4. The minimum absolute atomic E-state index is 0.279. The van der Waals surface area contributed by atoms with Crippen molar-refractivity contribution < 1.29 is 49.1 Å². The monoisotopic (exact) mass is 828 g/mol. The van der Waals surface area contributed by atoms with Gasteiger partial charge < -0.3 is 40.6 Å². The lowest BCUT2D eigenvalue weighted by Gasteiger charge is -2.19. The van der Waals surface area contributed by atoms with Crippen LogP contribution in [0.25, 0.3) is 22.3 Å². The highest BCUT2D eigenvalue weighted by atomic mass is 79.9. The molecule has 13 heteroatoms. The van der Waals surface area contributed by atoms with Gasteiger partial charge in [0.2, 0.25) is 0 Å². The zero-order chi connectivity index (χ0) is 48.2. The Bertz CT molecular complexity index is 2210. The number of hydrogen-bond acceptors (Lipinski definition) is 10. The molecule has 0 bridgehead atoms. The minimum Gasteiger partial charge on any atom is -0.465 e. The van der Waals surface area contributed by atoms with Gasteiger partial charge in [-0.05, 0) is 112 Å². The van der Waals surface area contributed by atoms with Crippen LogP contribution in [-0.2, 0) is 18.9 Å². The van der Waals surface area contributed by atoms with Gasteiger partial charge in [-0.1, -0.05) is 64.5 Å². The number of nitrogens with two attached hydrogens (primary N) is 1. The zero-order valence-corrected chi connectivity index (χ0v) is 33.5. The Kier molecular flexibility index (Phi) is 14.0. The van der Waals surface area contributed by atoms with Gasteiger partial charge in [0.1, 0.15) is 11.2 Å². The average molecular weight is 830 g/mol. The lowest BCUT2D eigenvalue weighted by Crippen LogP contribution is -2.34. The van der Waals surface area contributed by atoms with E-state index < -0.39 is 54.1 Å². The predicted molar refractivity (Wildman–Crippen MR) is 222 cm³/mol. The summed E-state index contributed by atoms with van der Waals surface area (Å²) in [4.78, 5) is 46.3. The van der Waals surface area contributed by atoms with Crippen molar-refractivity contribution in [2.45, 2.75) is 52.7 Å². The summed E-state index contributed by atoms with van der Waals surface area (Å²) in [5, 5.41) is 3.85. The smallest absolute Gasteiger partial charge is 0.407 e. The number of hydrogen-bond donors (Lipinski definition) is 4. The number of alkyl halides is 1. The minimum atomic E-state index is -2.78. The molecule has 0 atom stereocenters. The van der Waals surface area contributed by atoms with Gasteiger partial charge in [0.25, 0.3) is 0 Å². The molecule has 2 amide bonds. The molecule has 296 valence electrons. The van der Waals surface area contributed by atoms with Crippen molar-refractivity contribution in [2.24, 2.45) is 0 Å². The van der Waals surface area contributed by atoms with Crippen molar-refractivity contribution in [2.75, 3.05) is 50.0 Å². The molecule has 4 aromatic carbocycles. The largest absolute Gasteiger partial charge is 0.465 e. The number of rotatable bonds is 10. The molecule has 0 aliphatic rings. The third-order valence-corrected chi connectivity index (χ3v) is 6.62. The molecule has 0 aromatic heterocycles. The summed E-state index contributed by atoms with van der Waals surface area (Å²) >= 11 is 2.50. The number of ether oxygens (including phenoxy) is 4. The van der Waals surface area contributed by atoms with E-state index in [4.69, 9.17) is 30.9 Å². The van der Waals surface area contributed by atoms with Gasteiger partial charge in [0.05, 0.1) is 33.6 Å². The molecular weight excluding hydrogens is 768 g/mol. The van der Waals surface area contributed by atoms with Crippen LogP contribution < -0.4 is 21.7 Å². The maximum Gasteiger partial charge on any atom is 0.407 e. The Morgan fingerprint density at radius 3 is 1.47 bits per heavy atom. The van der Waals surface area contributed by atoms with Gasteiger partial charge in [0, 0.05) is 38.9 Å². The van der Waals surface area contributed by atoms with Crippen molar-refractivity contribution in [1.82, 2.24) is 10.6 Å². The summed E-state index contributed by atoms with van der Waals surface area (Å²) in [7, 11) is 2.66. The van der Waals surface area contributed by atoms with E-state index in [1.165, 1.54) is 14.2 Å². The second-order valence-electron chi connectivity index (χ2n) is 13.2. The predicted octanol–water partition coefficient (Wildman–Crippen LogP) is 8.71. The topological polar surface area (TPSA) is 167 Å². The normalized spacial score (nSPS) is 13.8. The van der Waals surface area contributed by atoms with E-state index in [2.05, 4.69) is 26.0 Å². The summed E-state index contributed by atoms with van der Waals surface area (Å²) in [6.45, 7) is 1.75. The van der Waals surface area contributed by atoms with E-state index in [1.54, 1.807) is 108 Å². The number of amides is 2. The number of anilines is 2. The first-order chi connectivity index (χ1) is 28.8. The fourth-order valence-electron chi connectivity index (χ4n) is 4.25. The molecule has 55 heavy (non-hydrogen) atoms. The first-order valence-corrected chi connectivity index (χ1v) is 17.4. The molecule has 4 aromatic rings. The van der Waals surface area contributed by atoms with Crippen LogP contribution in [0.3, 0.4) is 0 Å². The average Bonchev–Trinajstić information content (AvgIpc) is 3.15. The SMILES string of the molecule is COC(=O)c1cccc(-c2cccc(N)c2)c1.[2H]C([2H])(Br)C([2H])([2H])NC(=O)OC(C)(C)C.[2H]C([2H])(NC(=O)OC(C)(C)C)C([2H])([2H])Nc1cccc(-c2cccc(C(=O)OC)c2)c1. The maximum atomic E-state index is 11.9. The van der Waals surface area contributed by atoms with Gasteiger partial charge >= 0.3 is 24.1 Å². The highest BCUT2D eigenvalue weighted by Gasteiger charge is 2.16. The lowest BCUT2D eigenvalue weighted by molar-refractivity contribution is 0.0519. The molecule has 4 rings (SSSR count). The van der Waals surface area contributed by atoms with Gasteiger partial charge in [-0.25, -0.2) is 19.2 Å². The second kappa shape index (κ2) is 22.6. The molecule has 0 fully saturated rings. The lowest BCUT2D eigenvalue weighted by atomic mass is 10.0. The van der Waals surface area contributed by atoms with Crippen LogP contribution in [0.15, 0.2) is 97.1 Å². The molecule has 12 nitrogen and oxygen atoms in total. The number of carbonyl (C=O) groups excluding carboxylic acids is 4. The first-order valence-electron chi connectivity index (χ1n) is 20.6. The van der Waals surface area contributed by atoms with Crippen LogP contribution >= 0.6 is 15.9 Å². The van der Waals surface area contributed by atoms with Crippen LogP contribution in [0.1, 0.15) is 73.2 Å². The van der Waals surface area contributed by atoms with E-state index in [1.807, 2.05) is 41.7 Å². The van der Waals surface area contributed by atoms with Crippen LogP contribution in [0.5, 0.6) is 0 Å². The van der Waals surface area contributed by atoms with Crippen molar-refractivity contribution in [3.05, 3.63) is 108 Å². The summed E-state index contributed by atoms with van der Waals surface area (Å²) < 4.78 is 80.2. The fraction of sp³-hybridized carbons (Fsp3) is 0.333. The fourth-order valence-corrected chi connectivity index (χ4v) is 4.35. The van der Waals surface area contributed by atoms with Crippen LogP contribution in [-0.4, -0.2) is 74.3 Å². The van der Waals surface area contributed by atoms with Crippen molar-refractivity contribution in [1.29, 1.82) is 0 Å². The molecular formula is C42H53BrN4O8. The number of alkyl carbamates (subject to hydrolysis) is 2. The summed E-state index contributed by atoms with van der Waals surface area (Å²) in [6, 6.07) is 28.2. The van der Waals surface area contributed by atoms with E-state index in [0.717, 1.165) is 11.1 Å². The summed E-state index contributed by atoms with van der Waals surface area (Å²) in [5.41, 5.74) is 9.30. The standard InChI is InChI=1S/C21H26N2O4.C14H13NO2.C7H14BrNO2/c1-21(2,3)27-20(25)23-12-11-22-18-10-6-8-16(14-18)15-7-5-9-17(13-15)19(24)26-4;1-17-14(16)12-6-2-4-10(8-12)11-5-3-7-13(15)9-11;1-7(2,3)11-6(10)9-5-4-8/h5-10,13-14,22H,11-12H2,1-4H3,(H,23,25);2-9H,15H2,1H3;4-5H2,1-3H3,(H,9,10)/i11D2,12D2;;4D2,5D2. The first kappa shape index (κ1) is 34.0. The van der Waals surface area contributed by atoms with Gasteiger partial charge in [-0.2, -0.15) is 0 Å². The van der Waals surface area contributed by atoms with Crippen molar-refractivity contribution in [3.63, 3.8) is 0 Å². The Morgan fingerprint density at radius 2 is 1.04 bits per heavy atom. The number of esters is 2. The third-order valence-electron chi connectivity index (χ3n) is 6.43. The highest BCUT2D eigenvalue weighted by Crippen LogP contribution is 2.24. The number of methoxy groups -OCH3 is 2. The molecule has 0 radical (unpaired) electrons. The van der Waals surface area contributed by atoms with E-state index in [-0.39, 0.29) is 11.7 Å². The Balaban J connectivity index is 0.000000359. The zero-order valence-electron chi connectivity index (χ0n) is 40.0. The maximum absolute atomic E-state index is 11.9. The molecule has 5 N–H and O–H groups in total. The Hall–Kier alpha value is -5.56. The quantitative estimate of drug-likeness (QED) is 0.0526. The summed E-state index contributed by atoms with van der Waals surface area (Å²) in [6.07, 6.45) is -2.08. The second-order valence-corrected chi connectivity index (χ2v) is 13.6. The number of nitrogens with one attached hydrogen (secondary N) is 3. The van der Waals surface area contributed by atoms with Crippen molar-refractivity contribution in [3.8, 4) is 22.3 Å². The third kappa shape index (κ3) is 18.4. The number of halogens is 1. The molecule has 0 spiro atoms. The molecule has 0 unspecified atom stereocenters. The highest BCUT2D eigenvalue weighted by molar-refractivity contribution is 9.09. The number of nitrogen functional groups attached to an aromatic ring is 1. The van der Waals surface area contributed by atoms with E-state index in [0.29, 0.717) is 27.9 Å². The van der Waals surface area contributed by atoms with E-state index >= 15 is 0 Å². The molecule has 0 aliphatic carbocycles. The molecule has 0 heterocycles. The van der Waals surface area contributed by atoms with Crippen LogP contribution in [0.2, 0.25) is 0 Å².